The molecule has 1 atom stereocenters. The summed E-state index contributed by atoms with van der Waals surface area (Å²) in [5.41, 5.74) is 0.202. The molecule has 0 unspecified atom stereocenters. The fourth-order valence-electron chi connectivity index (χ4n) is 1.23. The van der Waals surface area contributed by atoms with Crippen LogP contribution in [0.15, 0.2) is 6.07 Å². The van der Waals surface area contributed by atoms with Crippen molar-refractivity contribution in [1.29, 1.82) is 0 Å². The molecule has 0 fully saturated rings. The average Bonchev–Trinajstić information content (AvgIpc) is 2.53. The zero-order valence-electron chi connectivity index (χ0n) is 9.16. The van der Waals surface area contributed by atoms with Gasteiger partial charge in [-0.1, -0.05) is 37.0 Å². The molecule has 1 amide bonds. The minimum absolute atomic E-state index is 0.202. The van der Waals surface area contributed by atoms with Gasteiger partial charge in [0.15, 0.2) is 0 Å². The van der Waals surface area contributed by atoms with Crippen molar-refractivity contribution in [2.75, 3.05) is 0 Å². The Morgan fingerprint density at radius 3 is 2.35 bits per heavy atom. The minimum Gasteiger partial charge on any atom is -0.480 e. The van der Waals surface area contributed by atoms with Crippen molar-refractivity contribution in [1.82, 2.24) is 5.32 Å². The number of carboxylic acids is 1. The Morgan fingerprint density at radius 1 is 1.41 bits per heavy atom. The molecule has 1 heterocycles. The van der Waals surface area contributed by atoms with Crippen LogP contribution in [0.5, 0.6) is 0 Å². The number of carbonyl (C=O) groups excluding carboxylic acids is 1. The Hall–Kier alpha value is -0.780. The number of carbonyl (C=O) groups is 2. The molecular formula is C10H11Cl2NO3S. The molecule has 0 aliphatic rings. The van der Waals surface area contributed by atoms with Gasteiger partial charge in [0.1, 0.15) is 10.4 Å². The number of rotatable bonds is 4. The van der Waals surface area contributed by atoms with E-state index >= 15 is 0 Å². The van der Waals surface area contributed by atoms with E-state index in [1.54, 1.807) is 13.8 Å². The Kier molecular flexibility index (Phi) is 4.80. The van der Waals surface area contributed by atoms with E-state index in [0.29, 0.717) is 4.34 Å². The van der Waals surface area contributed by atoms with Crippen molar-refractivity contribution in [3.8, 4) is 0 Å². The van der Waals surface area contributed by atoms with E-state index in [1.807, 2.05) is 0 Å². The van der Waals surface area contributed by atoms with Gasteiger partial charge >= 0.3 is 5.97 Å². The molecule has 17 heavy (non-hydrogen) atoms. The SMILES string of the molecule is CC(C)[C@H](NC(=O)c1cc(Cl)sc1Cl)C(=O)O. The van der Waals surface area contributed by atoms with Crippen molar-refractivity contribution >= 4 is 46.4 Å². The first-order chi connectivity index (χ1) is 7.82. The molecule has 1 aromatic heterocycles. The Labute approximate surface area is 113 Å². The van der Waals surface area contributed by atoms with Crippen molar-refractivity contribution in [2.24, 2.45) is 5.92 Å². The van der Waals surface area contributed by atoms with Crippen molar-refractivity contribution < 1.29 is 14.7 Å². The van der Waals surface area contributed by atoms with E-state index in [9.17, 15) is 9.59 Å². The summed E-state index contributed by atoms with van der Waals surface area (Å²) in [5, 5.41) is 11.4. The van der Waals surface area contributed by atoms with Crippen molar-refractivity contribution in [3.05, 3.63) is 20.3 Å². The first-order valence-corrected chi connectivity index (χ1v) is 6.38. The summed E-state index contributed by atoms with van der Waals surface area (Å²) in [6.45, 7) is 3.42. The molecule has 94 valence electrons. The van der Waals surface area contributed by atoms with Gasteiger partial charge in [-0.05, 0) is 12.0 Å². The lowest BCUT2D eigenvalue weighted by atomic mass is 10.0. The lowest BCUT2D eigenvalue weighted by Crippen LogP contribution is -2.44. The third-order valence-electron chi connectivity index (χ3n) is 2.12. The standard InChI is InChI=1S/C10H11Cl2NO3S/c1-4(2)7(10(15)16)13-9(14)5-3-6(11)17-8(5)12/h3-4,7H,1-2H3,(H,13,14)(H,15,16)/t7-/m0/s1. The molecule has 1 aromatic rings. The van der Waals surface area contributed by atoms with Crippen LogP contribution in [0.3, 0.4) is 0 Å². The van der Waals surface area contributed by atoms with Crippen LogP contribution >= 0.6 is 34.5 Å². The first kappa shape index (κ1) is 14.3. The van der Waals surface area contributed by atoms with Crippen molar-refractivity contribution in [2.45, 2.75) is 19.9 Å². The van der Waals surface area contributed by atoms with Crippen LogP contribution < -0.4 is 5.32 Å². The highest BCUT2D eigenvalue weighted by Gasteiger charge is 2.25. The topological polar surface area (TPSA) is 66.4 Å². The number of carboxylic acid groups (broad SMARTS) is 1. The summed E-state index contributed by atoms with van der Waals surface area (Å²) >= 11 is 12.6. The quantitative estimate of drug-likeness (QED) is 0.897. The lowest BCUT2D eigenvalue weighted by molar-refractivity contribution is -0.140. The molecule has 0 spiro atoms. The number of halogens is 2. The molecule has 0 aliphatic carbocycles. The van der Waals surface area contributed by atoms with Crippen LogP contribution in [0.4, 0.5) is 0 Å². The molecule has 0 radical (unpaired) electrons. The highest BCUT2D eigenvalue weighted by atomic mass is 35.5. The summed E-state index contributed by atoms with van der Waals surface area (Å²) in [6.07, 6.45) is 0. The summed E-state index contributed by atoms with van der Waals surface area (Å²) < 4.78 is 0.636. The van der Waals surface area contributed by atoms with Crippen LogP contribution in [0.25, 0.3) is 0 Å². The average molecular weight is 296 g/mol. The maximum atomic E-state index is 11.8. The summed E-state index contributed by atoms with van der Waals surface area (Å²) in [4.78, 5) is 22.7. The van der Waals surface area contributed by atoms with Crippen LogP contribution in [0, 0.1) is 5.92 Å². The molecule has 4 nitrogen and oxygen atoms in total. The molecule has 0 aliphatic heterocycles. The Balaban J connectivity index is 2.85. The maximum absolute atomic E-state index is 11.8. The van der Waals surface area contributed by atoms with E-state index in [0.717, 1.165) is 11.3 Å². The van der Waals surface area contributed by atoms with Crippen LogP contribution in [0.2, 0.25) is 8.67 Å². The summed E-state index contributed by atoms with van der Waals surface area (Å²) in [5.74, 6) is -1.82. The van der Waals surface area contributed by atoms with E-state index in [1.165, 1.54) is 6.07 Å². The Morgan fingerprint density at radius 2 is 2.00 bits per heavy atom. The highest BCUT2D eigenvalue weighted by molar-refractivity contribution is 7.20. The van der Waals surface area contributed by atoms with E-state index in [-0.39, 0.29) is 15.8 Å². The molecular weight excluding hydrogens is 285 g/mol. The number of thiophene rings is 1. The second-order valence-electron chi connectivity index (χ2n) is 3.77. The van der Waals surface area contributed by atoms with E-state index < -0.39 is 17.9 Å². The monoisotopic (exact) mass is 295 g/mol. The zero-order valence-corrected chi connectivity index (χ0v) is 11.5. The van der Waals surface area contributed by atoms with Gasteiger partial charge in [-0.2, -0.15) is 0 Å². The lowest BCUT2D eigenvalue weighted by Gasteiger charge is -2.17. The fraction of sp³-hybridized carbons (Fsp3) is 0.400. The molecule has 1 rings (SSSR count). The summed E-state index contributed by atoms with van der Waals surface area (Å²) in [6, 6.07) is 0.473. The van der Waals surface area contributed by atoms with Gasteiger partial charge in [-0.3, -0.25) is 4.79 Å². The molecule has 0 bridgehead atoms. The van der Waals surface area contributed by atoms with Gasteiger partial charge in [0.25, 0.3) is 5.91 Å². The number of aliphatic carboxylic acids is 1. The number of nitrogens with one attached hydrogen (secondary N) is 1. The zero-order chi connectivity index (χ0) is 13.2. The third-order valence-corrected chi connectivity index (χ3v) is 3.61. The van der Waals surface area contributed by atoms with Gasteiger partial charge in [-0.15, -0.1) is 11.3 Å². The minimum atomic E-state index is -1.08. The predicted molar refractivity (Wildman–Crippen MR) is 68.1 cm³/mol. The van der Waals surface area contributed by atoms with Crippen LogP contribution in [0.1, 0.15) is 24.2 Å². The number of hydrogen-bond donors (Lipinski definition) is 2. The van der Waals surface area contributed by atoms with Gasteiger partial charge in [0.05, 0.1) is 9.90 Å². The normalized spacial score (nSPS) is 12.5. The number of hydrogen-bond acceptors (Lipinski definition) is 3. The Bertz CT molecular complexity index is 445. The second kappa shape index (κ2) is 5.71. The molecule has 2 N–H and O–H groups in total. The molecule has 0 aromatic carbocycles. The summed E-state index contributed by atoms with van der Waals surface area (Å²) in [7, 11) is 0. The van der Waals surface area contributed by atoms with Crippen LogP contribution in [-0.4, -0.2) is 23.0 Å². The second-order valence-corrected chi connectivity index (χ2v) is 6.06. The van der Waals surface area contributed by atoms with E-state index in [4.69, 9.17) is 28.3 Å². The fourth-order valence-corrected chi connectivity index (χ4v) is 2.69. The predicted octanol–water partition coefficient (Wildman–Crippen LogP) is 2.89. The van der Waals surface area contributed by atoms with Gasteiger partial charge in [0.2, 0.25) is 0 Å². The largest absolute Gasteiger partial charge is 0.480 e. The molecule has 0 saturated carbocycles. The molecule has 0 saturated heterocycles. The van der Waals surface area contributed by atoms with E-state index in [2.05, 4.69) is 5.32 Å². The smallest absolute Gasteiger partial charge is 0.326 e. The van der Waals surface area contributed by atoms with Gasteiger partial charge < -0.3 is 10.4 Å². The van der Waals surface area contributed by atoms with Gasteiger partial charge in [0, 0.05) is 0 Å². The van der Waals surface area contributed by atoms with Gasteiger partial charge in [-0.25, -0.2) is 4.79 Å². The van der Waals surface area contributed by atoms with Crippen molar-refractivity contribution in [3.63, 3.8) is 0 Å². The highest BCUT2D eigenvalue weighted by Crippen LogP contribution is 2.31. The first-order valence-electron chi connectivity index (χ1n) is 4.81. The number of amides is 1. The maximum Gasteiger partial charge on any atom is 0.326 e. The molecule has 7 heteroatoms. The van der Waals surface area contributed by atoms with Crippen LogP contribution in [-0.2, 0) is 4.79 Å². The third kappa shape index (κ3) is 3.59.